The molecular formula is C24H38IN. The fraction of sp³-hybridized carbons (Fsp3) is 0.667. The van der Waals surface area contributed by atoms with Crippen LogP contribution in [-0.4, -0.2) is 5.54 Å². The van der Waals surface area contributed by atoms with Gasteiger partial charge in [-0.25, -0.2) is 0 Å². The minimum atomic E-state index is 0.363. The van der Waals surface area contributed by atoms with Gasteiger partial charge in [0.2, 0.25) is 0 Å². The predicted molar refractivity (Wildman–Crippen MR) is 124 cm³/mol. The first-order chi connectivity index (χ1) is 12.4. The molecule has 0 aromatic carbocycles. The van der Waals surface area contributed by atoms with E-state index in [4.69, 9.17) is 0 Å². The van der Waals surface area contributed by atoms with Gasteiger partial charge >= 0.3 is 0 Å². The summed E-state index contributed by atoms with van der Waals surface area (Å²) in [4.78, 5) is 0. The molecule has 0 aliphatic heterocycles. The van der Waals surface area contributed by atoms with Gasteiger partial charge in [-0.1, -0.05) is 45.4 Å². The molecule has 0 amide bonds. The van der Waals surface area contributed by atoms with Gasteiger partial charge in [0.05, 0.1) is 0 Å². The topological polar surface area (TPSA) is 12.0 Å². The standard InChI is InChI=1S/C24H38IN/c1-7-10-11-12-23(19(6)25)26-24-14-13-21(18(5)22(24)16-24)15-20(9-3)17(4)8-2/h8-9,11-12,17-18,20-22,26H,2-3,7,10,13-16H2,1,4-6H3/b12-11-,23-19-. The molecule has 0 bridgehead atoms. The maximum absolute atomic E-state index is 4.08. The van der Waals surface area contributed by atoms with Gasteiger partial charge in [0.15, 0.2) is 0 Å². The molecule has 2 rings (SSSR count). The Kier molecular flexibility index (Phi) is 8.06. The van der Waals surface area contributed by atoms with Crippen molar-refractivity contribution in [2.45, 2.75) is 71.8 Å². The maximum atomic E-state index is 4.08. The number of rotatable bonds is 10. The van der Waals surface area contributed by atoms with Gasteiger partial charge in [-0.3, -0.25) is 0 Å². The second-order valence-electron chi connectivity index (χ2n) is 8.62. The van der Waals surface area contributed by atoms with Gasteiger partial charge in [-0.15, -0.1) is 13.2 Å². The fourth-order valence-electron chi connectivity index (χ4n) is 4.81. The Morgan fingerprint density at radius 3 is 2.65 bits per heavy atom. The van der Waals surface area contributed by atoms with Crippen LogP contribution in [0.5, 0.6) is 0 Å². The van der Waals surface area contributed by atoms with Gasteiger partial charge in [-0.2, -0.15) is 0 Å². The Morgan fingerprint density at radius 2 is 2.08 bits per heavy atom. The van der Waals surface area contributed by atoms with E-state index in [1.165, 1.54) is 41.4 Å². The summed E-state index contributed by atoms with van der Waals surface area (Å²) in [6, 6.07) is 0. The molecule has 0 aromatic rings. The quantitative estimate of drug-likeness (QED) is 0.200. The van der Waals surface area contributed by atoms with Crippen LogP contribution in [0.3, 0.4) is 0 Å². The minimum absolute atomic E-state index is 0.363. The monoisotopic (exact) mass is 467 g/mol. The highest BCUT2D eigenvalue weighted by atomic mass is 127. The van der Waals surface area contributed by atoms with Crippen LogP contribution in [0.25, 0.3) is 0 Å². The van der Waals surface area contributed by atoms with Crippen molar-refractivity contribution in [3.05, 3.63) is 46.7 Å². The fourth-order valence-corrected chi connectivity index (χ4v) is 5.13. The molecule has 2 saturated carbocycles. The van der Waals surface area contributed by atoms with E-state index in [1.807, 2.05) is 0 Å². The van der Waals surface area contributed by atoms with E-state index >= 15 is 0 Å². The Hall–Kier alpha value is -0.510. The van der Waals surface area contributed by atoms with E-state index in [1.54, 1.807) is 0 Å². The highest BCUT2D eigenvalue weighted by Crippen LogP contribution is 2.59. The van der Waals surface area contributed by atoms with E-state index in [9.17, 15) is 0 Å². The molecule has 6 unspecified atom stereocenters. The largest absolute Gasteiger partial charge is 0.379 e. The molecule has 2 aliphatic rings. The lowest BCUT2D eigenvalue weighted by molar-refractivity contribution is 0.178. The number of hydrogen-bond acceptors (Lipinski definition) is 1. The third-order valence-corrected chi connectivity index (χ3v) is 7.47. The normalized spacial score (nSPS) is 33.8. The number of unbranched alkanes of at least 4 members (excludes halogenated alkanes) is 1. The zero-order valence-corrected chi connectivity index (χ0v) is 19.4. The van der Waals surface area contributed by atoms with E-state index in [2.05, 4.69) is 93.1 Å². The predicted octanol–water partition coefficient (Wildman–Crippen LogP) is 7.42. The Labute approximate surface area is 175 Å². The zero-order valence-electron chi connectivity index (χ0n) is 17.2. The second kappa shape index (κ2) is 9.61. The van der Waals surface area contributed by atoms with E-state index in [0.717, 1.165) is 24.2 Å². The lowest BCUT2D eigenvalue weighted by Crippen LogP contribution is -2.39. The summed E-state index contributed by atoms with van der Waals surface area (Å²) >= 11 is 2.46. The Morgan fingerprint density at radius 1 is 1.35 bits per heavy atom. The third-order valence-electron chi connectivity index (χ3n) is 6.89. The summed E-state index contributed by atoms with van der Waals surface area (Å²) in [5.74, 6) is 3.56. The van der Waals surface area contributed by atoms with E-state index in [-0.39, 0.29) is 0 Å². The highest BCUT2D eigenvalue weighted by molar-refractivity contribution is 14.1. The van der Waals surface area contributed by atoms with Crippen LogP contribution in [0.15, 0.2) is 46.7 Å². The van der Waals surface area contributed by atoms with E-state index in [0.29, 0.717) is 17.4 Å². The molecule has 146 valence electrons. The smallest absolute Gasteiger partial charge is 0.0432 e. The zero-order chi connectivity index (χ0) is 19.3. The molecule has 1 N–H and O–H groups in total. The van der Waals surface area contributed by atoms with Crippen molar-refractivity contribution in [2.24, 2.45) is 29.6 Å². The van der Waals surface area contributed by atoms with Crippen LogP contribution < -0.4 is 5.32 Å². The van der Waals surface area contributed by atoms with Crippen molar-refractivity contribution in [3.63, 3.8) is 0 Å². The first-order valence-electron chi connectivity index (χ1n) is 10.4. The molecule has 2 fully saturated rings. The van der Waals surface area contributed by atoms with Crippen molar-refractivity contribution in [3.8, 4) is 0 Å². The van der Waals surface area contributed by atoms with Gasteiger partial charge < -0.3 is 5.32 Å². The first-order valence-corrected chi connectivity index (χ1v) is 11.5. The molecule has 1 nitrogen and oxygen atoms in total. The van der Waals surface area contributed by atoms with Crippen LogP contribution >= 0.6 is 22.6 Å². The Balaban J connectivity index is 2.00. The van der Waals surface area contributed by atoms with Crippen LogP contribution in [0.1, 0.15) is 66.2 Å². The average Bonchev–Trinajstić information content (AvgIpc) is 3.35. The summed E-state index contributed by atoms with van der Waals surface area (Å²) in [5.41, 5.74) is 1.71. The molecule has 0 saturated heterocycles. The van der Waals surface area contributed by atoms with Gasteiger partial charge in [0.25, 0.3) is 0 Å². The lowest BCUT2D eigenvalue weighted by atomic mass is 9.72. The molecule has 0 aromatic heterocycles. The van der Waals surface area contributed by atoms with Gasteiger partial charge in [-0.05, 0) is 97.3 Å². The minimum Gasteiger partial charge on any atom is -0.379 e. The summed E-state index contributed by atoms with van der Waals surface area (Å²) in [5, 5.41) is 3.97. The van der Waals surface area contributed by atoms with Crippen molar-refractivity contribution in [2.75, 3.05) is 0 Å². The highest BCUT2D eigenvalue weighted by Gasteiger charge is 2.60. The summed E-state index contributed by atoms with van der Waals surface area (Å²) in [6.07, 6.45) is 16.5. The summed E-state index contributed by atoms with van der Waals surface area (Å²) < 4.78 is 1.37. The van der Waals surface area contributed by atoms with Crippen LogP contribution in [-0.2, 0) is 0 Å². The van der Waals surface area contributed by atoms with Crippen molar-refractivity contribution < 1.29 is 0 Å². The van der Waals surface area contributed by atoms with Gasteiger partial charge in [0.1, 0.15) is 0 Å². The third kappa shape index (κ3) is 5.05. The Bertz CT molecular complexity index is 557. The number of fused-ring (bicyclic) bond motifs is 1. The molecule has 2 heteroatoms. The molecule has 0 heterocycles. The second-order valence-corrected chi connectivity index (χ2v) is 10.2. The average molecular weight is 467 g/mol. The first kappa shape index (κ1) is 21.8. The number of nitrogens with one attached hydrogen (secondary N) is 1. The van der Waals surface area contributed by atoms with Crippen LogP contribution in [0.4, 0.5) is 0 Å². The van der Waals surface area contributed by atoms with E-state index < -0.39 is 0 Å². The number of halogens is 1. The van der Waals surface area contributed by atoms with Gasteiger partial charge in [0, 0.05) is 14.8 Å². The van der Waals surface area contributed by atoms with Crippen molar-refractivity contribution in [1.82, 2.24) is 5.32 Å². The molecule has 26 heavy (non-hydrogen) atoms. The lowest BCUT2D eigenvalue weighted by Gasteiger charge is -2.37. The SMILES string of the molecule is C=CC(C)C(C=C)CC1CCC2(NC(/C=C\CCC)=C(/C)I)CC2C1C. The summed E-state index contributed by atoms with van der Waals surface area (Å²) in [7, 11) is 0. The van der Waals surface area contributed by atoms with Crippen LogP contribution in [0, 0.1) is 29.6 Å². The number of allylic oxidation sites excluding steroid dienone is 5. The maximum Gasteiger partial charge on any atom is 0.0432 e. The number of hydrogen-bond donors (Lipinski definition) is 1. The molecule has 6 atom stereocenters. The van der Waals surface area contributed by atoms with Crippen molar-refractivity contribution in [1.29, 1.82) is 0 Å². The molecule has 0 spiro atoms. The molecule has 0 radical (unpaired) electrons. The van der Waals surface area contributed by atoms with Crippen molar-refractivity contribution >= 4 is 22.6 Å². The molecule has 2 aliphatic carbocycles. The molecular weight excluding hydrogens is 429 g/mol. The van der Waals surface area contributed by atoms with Crippen LogP contribution in [0.2, 0.25) is 0 Å². The summed E-state index contributed by atoms with van der Waals surface area (Å²) in [6.45, 7) is 17.3.